The zero-order chi connectivity index (χ0) is 13.0. The van der Waals surface area contributed by atoms with E-state index in [-0.39, 0.29) is 5.91 Å². The van der Waals surface area contributed by atoms with Gasteiger partial charge in [-0.05, 0) is 18.9 Å². The quantitative estimate of drug-likeness (QED) is 0.811. The fourth-order valence-corrected chi connectivity index (χ4v) is 2.53. The van der Waals surface area contributed by atoms with E-state index in [1.165, 1.54) is 5.56 Å². The first kappa shape index (κ1) is 13.1. The Hall–Kier alpha value is -1.35. The predicted molar refractivity (Wildman–Crippen MR) is 73.4 cm³/mol. The van der Waals surface area contributed by atoms with E-state index in [0.717, 1.165) is 32.6 Å². The van der Waals surface area contributed by atoms with Crippen molar-refractivity contribution in [3.8, 4) is 0 Å². The number of nitrogens with zero attached hydrogens (tertiary/aromatic N) is 2. The largest absolute Gasteiger partial charge is 0.340 e. The van der Waals surface area contributed by atoms with Gasteiger partial charge < -0.3 is 4.90 Å². The van der Waals surface area contributed by atoms with E-state index in [1.807, 2.05) is 4.90 Å². The maximum absolute atomic E-state index is 11.3. The van der Waals surface area contributed by atoms with Gasteiger partial charge in [-0.15, -0.1) is 0 Å². The lowest BCUT2D eigenvalue weighted by atomic mass is 10.1. The minimum absolute atomic E-state index is 0.199. The van der Waals surface area contributed by atoms with Crippen molar-refractivity contribution in [1.82, 2.24) is 9.80 Å². The lowest BCUT2D eigenvalue weighted by molar-refractivity contribution is -0.131. The highest BCUT2D eigenvalue weighted by atomic mass is 16.2. The second-order valence-electron chi connectivity index (χ2n) is 5.09. The number of amides is 1. The Morgan fingerprint density at radius 3 is 2.61 bits per heavy atom. The Morgan fingerprint density at radius 2 is 2.00 bits per heavy atom. The van der Waals surface area contributed by atoms with Crippen LogP contribution < -0.4 is 0 Å². The Balaban J connectivity index is 1.83. The van der Waals surface area contributed by atoms with Crippen molar-refractivity contribution in [1.29, 1.82) is 0 Å². The molecule has 0 saturated carbocycles. The molecule has 0 aromatic heterocycles. The van der Waals surface area contributed by atoms with E-state index in [9.17, 15) is 4.79 Å². The van der Waals surface area contributed by atoms with Crippen LogP contribution in [0.15, 0.2) is 30.3 Å². The maximum Gasteiger partial charge on any atom is 0.219 e. The van der Waals surface area contributed by atoms with Crippen LogP contribution in [-0.4, -0.2) is 47.9 Å². The zero-order valence-corrected chi connectivity index (χ0v) is 11.3. The molecule has 1 aliphatic heterocycles. The molecule has 1 fully saturated rings. The smallest absolute Gasteiger partial charge is 0.219 e. The molecule has 2 rings (SSSR count). The summed E-state index contributed by atoms with van der Waals surface area (Å²) in [5.41, 5.74) is 1.39. The van der Waals surface area contributed by atoms with Gasteiger partial charge in [0.05, 0.1) is 0 Å². The molecule has 1 aromatic carbocycles. The van der Waals surface area contributed by atoms with E-state index in [1.54, 1.807) is 6.92 Å². The maximum atomic E-state index is 11.3. The van der Waals surface area contributed by atoms with E-state index in [0.29, 0.717) is 6.04 Å². The normalized spacial score (nSPS) is 21.0. The molecule has 1 aromatic rings. The molecule has 1 aliphatic rings. The zero-order valence-electron chi connectivity index (χ0n) is 11.3. The predicted octanol–water partition coefficient (Wildman–Crippen LogP) is 1.78. The Kier molecular flexibility index (Phi) is 4.37. The van der Waals surface area contributed by atoms with E-state index in [4.69, 9.17) is 0 Å². The van der Waals surface area contributed by atoms with Gasteiger partial charge in [0, 0.05) is 39.1 Å². The number of benzene rings is 1. The third-order valence-corrected chi connectivity index (χ3v) is 3.74. The molecule has 0 spiro atoms. The topological polar surface area (TPSA) is 23.6 Å². The number of rotatable bonds is 3. The summed E-state index contributed by atoms with van der Waals surface area (Å²) < 4.78 is 0. The van der Waals surface area contributed by atoms with Gasteiger partial charge in [0.2, 0.25) is 5.91 Å². The number of hydrogen-bond donors (Lipinski definition) is 0. The van der Waals surface area contributed by atoms with Crippen LogP contribution in [-0.2, 0) is 11.2 Å². The number of hydrogen-bond acceptors (Lipinski definition) is 2. The summed E-state index contributed by atoms with van der Waals surface area (Å²) >= 11 is 0. The van der Waals surface area contributed by atoms with Gasteiger partial charge in [-0.2, -0.15) is 0 Å². The minimum atomic E-state index is 0.199. The van der Waals surface area contributed by atoms with Crippen LogP contribution in [0.25, 0.3) is 0 Å². The molecule has 0 aliphatic carbocycles. The van der Waals surface area contributed by atoms with Crippen molar-refractivity contribution >= 4 is 5.91 Å². The molecule has 0 N–H and O–H groups in total. The van der Waals surface area contributed by atoms with Gasteiger partial charge in [0.25, 0.3) is 0 Å². The molecule has 3 heteroatoms. The molecule has 1 saturated heterocycles. The highest BCUT2D eigenvalue weighted by Gasteiger charge is 2.24. The van der Waals surface area contributed by atoms with Gasteiger partial charge in [-0.25, -0.2) is 0 Å². The third kappa shape index (κ3) is 3.33. The van der Waals surface area contributed by atoms with Crippen molar-refractivity contribution in [3.63, 3.8) is 0 Å². The third-order valence-electron chi connectivity index (χ3n) is 3.74. The van der Waals surface area contributed by atoms with Crippen molar-refractivity contribution in [3.05, 3.63) is 35.9 Å². The van der Waals surface area contributed by atoms with Crippen molar-refractivity contribution in [2.24, 2.45) is 0 Å². The van der Waals surface area contributed by atoms with Gasteiger partial charge in [0.1, 0.15) is 0 Å². The molecule has 3 nitrogen and oxygen atoms in total. The standard InChI is InChI=1S/C15H22N2O/c1-13-12-17(14(2)18)11-10-16(13)9-8-15-6-4-3-5-7-15/h3-7,13H,8-12H2,1-2H3. The number of carbonyl (C=O) groups is 1. The first-order valence-corrected chi connectivity index (χ1v) is 6.70. The molecule has 1 heterocycles. The Morgan fingerprint density at radius 1 is 1.28 bits per heavy atom. The van der Waals surface area contributed by atoms with Gasteiger partial charge in [0.15, 0.2) is 0 Å². The molecule has 0 radical (unpaired) electrons. The van der Waals surface area contributed by atoms with Crippen molar-refractivity contribution in [2.45, 2.75) is 26.3 Å². The lowest BCUT2D eigenvalue weighted by Gasteiger charge is -2.39. The fraction of sp³-hybridized carbons (Fsp3) is 0.533. The Labute approximate surface area is 109 Å². The number of piperazine rings is 1. The molecular weight excluding hydrogens is 224 g/mol. The summed E-state index contributed by atoms with van der Waals surface area (Å²) in [5.74, 6) is 0.199. The Bertz CT molecular complexity index is 391. The second-order valence-corrected chi connectivity index (χ2v) is 5.09. The summed E-state index contributed by atoms with van der Waals surface area (Å²) in [7, 11) is 0. The fourth-order valence-electron chi connectivity index (χ4n) is 2.53. The molecule has 0 bridgehead atoms. The molecule has 1 amide bonds. The van der Waals surface area contributed by atoms with Crippen molar-refractivity contribution < 1.29 is 4.79 Å². The SMILES string of the molecule is CC(=O)N1CCN(CCc2ccccc2)C(C)C1. The second kappa shape index (κ2) is 6.01. The van der Waals surface area contributed by atoms with Gasteiger partial charge in [-0.3, -0.25) is 9.69 Å². The molecule has 98 valence electrons. The van der Waals surface area contributed by atoms with Crippen LogP contribution in [0.3, 0.4) is 0 Å². The van der Waals surface area contributed by atoms with E-state index < -0.39 is 0 Å². The van der Waals surface area contributed by atoms with Gasteiger partial charge in [-0.1, -0.05) is 30.3 Å². The van der Waals surface area contributed by atoms with Crippen LogP contribution >= 0.6 is 0 Å². The summed E-state index contributed by atoms with van der Waals surface area (Å²) in [4.78, 5) is 15.8. The first-order valence-electron chi connectivity index (χ1n) is 6.70. The van der Waals surface area contributed by atoms with E-state index >= 15 is 0 Å². The highest BCUT2D eigenvalue weighted by Crippen LogP contribution is 2.11. The van der Waals surface area contributed by atoms with Crippen LogP contribution in [0.5, 0.6) is 0 Å². The monoisotopic (exact) mass is 246 g/mol. The summed E-state index contributed by atoms with van der Waals surface area (Å²) in [5, 5.41) is 0. The average Bonchev–Trinajstić information content (AvgIpc) is 2.38. The minimum Gasteiger partial charge on any atom is -0.340 e. The average molecular weight is 246 g/mol. The summed E-state index contributed by atoms with van der Waals surface area (Å²) in [6, 6.07) is 11.1. The highest BCUT2D eigenvalue weighted by molar-refractivity contribution is 5.73. The lowest BCUT2D eigenvalue weighted by Crippen LogP contribution is -2.53. The molecule has 1 unspecified atom stereocenters. The number of carbonyl (C=O) groups excluding carboxylic acids is 1. The van der Waals surface area contributed by atoms with Crippen LogP contribution in [0.2, 0.25) is 0 Å². The van der Waals surface area contributed by atoms with Gasteiger partial charge >= 0.3 is 0 Å². The molecule has 1 atom stereocenters. The van der Waals surface area contributed by atoms with Crippen LogP contribution in [0.4, 0.5) is 0 Å². The van der Waals surface area contributed by atoms with Crippen LogP contribution in [0, 0.1) is 0 Å². The molecular formula is C15H22N2O. The first-order chi connectivity index (χ1) is 8.66. The summed E-state index contributed by atoms with van der Waals surface area (Å²) in [6.07, 6.45) is 1.09. The van der Waals surface area contributed by atoms with Crippen molar-refractivity contribution in [2.75, 3.05) is 26.2 Å². The summed E-state index contributed by atoms with van der Waals surface area (Å²) in [6.45, 7) is 7.68. The van der Waals surface area contributed by atoms with E-state index in [2.05, 4.69) is 42.2 Å². The molecule has 18 heavy (non-hydrogen) atoms. The van der Waals surface area contributed by atoms with Crippen LogP contribution in [0.1, 0.15) is 19.4 Å².